The van der Waals surface area contributed by atoms with Gasteiger partial charge in [-0.05, 0) is 26.0 Å². The predicted molar refractivity (Wildman–Crippen MR) is 97.5 cm³/mol. The van der Waals surface area contributed by atoms with E-state index < -0.39 is 38.2 Å². The number of esters is 2. The quantitative estimate of drug-likeness (QED) is 0.420. The number of carbonyl (C=O) groups is 2. The Morgan fingerprint density at radius 3 is 2.32 bits per heavy atom. The van der Waals surface area contributed by atoms with Crippen LogP contribution in [0.3, 0.4) is 0 Å². The zero-order chi connectivity index (χ0) is 20.6. The molecule has 0 aliphatic carbocycles. The Labute approximate surface area is 163 Å². The highest BCUT2D eigenvalue weighted by molar-refractivity contribution is 7.53. The fourth-order valence-electron chi connectivity index (χ4n) is 2.53. The summed E-state index contributed by atoms with van der Waals surface area (Å²) in [6, 6.07) is 8.39. The van der Waals surface area contributed by atoms with Gasteiger partial charge in [0.05, 0.1) is 18.8 Å². The van der Waals surface area contributed by atoms with Gasteiger partial charge in [0.1, 0.15) is 0 Å². The van der Waals surface area contributed by atoms with Crippen molar-refractivity contribution in [2.75, 3.05) is 19.6 Å². The fraction of sp³-hybridized carbons (Fsp3) is 0.556. The van der Waals surface area contributed by atoms with E-state index in [1.54, 1.807) is 44.2 Å². The van der Waals surface area contributed by atoms with Gasteiger partial charge in [0.25, 0.3) is 0 Å². The molecule has 0 bridgehead atoms. The Kier molecular flexibility index (Phi) is 8.59. The molecular weight excluding hydrogens is 391 g/mol. The second-order valence-corrected chi connectivity index (χ2v) is 7.83. The lowest BCUT2D eigenvalue weighted by Gasteiger charge is -2.19. The molecule has 0 saturated carbocycles. The summed E-state index contributed by atoms with van der Waals surface area (Å²) in [5.74, 6) is -1.18. The predicted octanol–water partition coefficient (Wildman–Crippen LogP) is 3.09. The summed E-state index contributed by atoms with van der Waals surface area (Å²) >= 11 is 0. The first kappa shape index (κ1) is 22.5. The average molecular weight is 416 g/mol. The first-order valence-corrected chi connectivity index (χ1v) is 10.7. The molecule has 0 radical (unpaired) electrons. The largest absolute Gasteiger partial charge is 0.452 e. The molecule has 2 rings (SSSR count). The van der Waals surface area contributed by atoms with Gasteiger partial charge in [0.2, 0.25) is 6.29 Å². The molecule has 1 aliphatic rings. The molecular formula is C18H25O9P. The smallest absolute Gasteiger partial charge is 0.356 e. The standard InChI is InChI=1S/C18H25O9P/c1-4-23-28(21,24-5-2)12-22-16-11-15(18(27-16)25-13(3)19)26-17(20)14-9-7-6-8-10-14/h6-10,15-16,18H,4-5,11-12H2,1-3H3/t15?,16-,18+/m0/s1. The molecule has 1 saturated heterocycles. The zero-order valence-corrected chi connectivity index (χ0v) is 17.0. The van der Waals surface area contributed by atoms with Gasteiger partial charge in [-0.2, -0.15) is 0 Å². The molecule has 156 valence electrons. The summed E-state index contributed by atoms with van der Waals surface area (Å²) in [7, 11) is -3.43. The zero-order valence-electron chi connectivity index (χ0n) is 16.1. The van der Waals surface area contributed by atoms with Crippen molar-refractivity contribution in [2.24, 2.45) is 0 Å². The van der Waals surface area contributed by atoms with Crippen LogP contribution in [0, 0.1) is 0 Å². The lowest BCUT2D eigenvalue weighted by atomic mass is 10.2. The molecule has 3 atom stereocenters. The van der Waals surface area contributed by atoms with Crippen molar-refractivity contribution in [3.05, 3.63) is 35.9 Å². The van der Waals surface area contributed by atoms with Gasteiger partial charge >= 0.3 is 19.5 Å². The second kappa shape index (κ2) is 10.7. The van der Waals surface area contributed by atoms with Crippen molar-refractivity contribution >= 4 is 19.5 Å². The van der Waals surface area contributed by atoms with Crippen molar-refractivity contribution in [3.8, 4) is 0 Å². The van der Waals surface area contributed by atoms with E-state index in [0.29, 0.717) is 5.56 Å². The number of hydrogen-bond acceptors (Lipinski definition) is 9. The highest BCUT2D eigenvalue weighted by Gasteiger charge is 2.42. The van der Waals surface area contributed by atoms with Crippen LogP contribution in [-0.2, 0) is 37.4 Å². The molecule has 1 unspecified atom stereocenters. The minimum absolute atomic E-state index is 0.0920. The summed E-state index contributed by atoms with van der Waals surface area (Å²) in [6.45, 7) is 4.98. The van der Waals surface area contributed by atoms with E-state index >= 15 is 0 Å². The van der Waals surface area contributed by atoms with Crippen LogP contribution in [0.25, 0.3) is 0 Å². The van der Waals surface area contributed by atoms with E-state index in [1.165, 1.54) is 6.92 Å². The van der Waals surface area contributed by atoms with Crippen molar-refractivity contribution in [2.45, 2.75) is 45.9 Å². The maximum Gasteiger partial charge on any atom is 0.356 e. The molecule has 1 aromatic carbocycles. The summed E-state index contributed by atoms with van der Waals surface area (Å²) in [6.07, 6.45) is -3.17. The third kappa shape index (κ3) is 6.68. The Bertz CT molecular complexity index is 684. The fourth-order valence-corrected chi connectivity index (χ4v) is 3.89. The highest BCUT2D eigenvalue weighted by atomic mass is 31.2. The summed E-state index contributed by atoms with van der Waals surface area (Å²) in [5.41, 5.74) is 0.352. The van der Waals surface area contributed by atoms with Crippen molar-refractivity contribution in [1.29, 1.82) is 0 Å². The summed E-state index contributed by atoms with van der Waals surface area (Å²) < 4.78 is 44.2. The second-order valence-electron chi connectivity index (χ2n) is 5.83. The molecule has 9 nitrogen and oxygen atoms in total. The number of rotatable bonds is 10. The molecule has 10 heteroatoms. The van der Waals surface area contributed by atoms with Crippen molar-refractivity contribution in [1.82, 2.24) is 0 Å². The Hall–Kier alpha value is -1.77. The molecule has 0 spiro atoms. The van der Waals surface area contributed by atoms with E-state index in [-0.39, 0.29) is 26.0 Å². The van der Waals surface area contributed by atoms with E-state index in [2.05, 4.69) is 0 Å². The van der Waals surface area contributed by atoms with Crippen LogP contribution in [0.15, 0.2) is 30.3 Å². The minimum atomic E-state index is -3.43. The van der Waals surface area contributed by atoms with E-state index in [1.807, 2.05) is 0 Å². The van der Waals surface area contributed by atoms with Gasteiger partial charge in [-0.25, -0.2) is 4.79 Å². The van der Waals surface area contributed by atoms with Gasteiger partial charge in [0, 0.05) is 13.3 Å². The van der Waals surface area contributed by atoms with Crippen molar-refractivity contribution in [3.63, 3.8) is 0 Å². The number of benzene rings is 1. The van der Waals surface area contributed by atoms with E-state index in [4.69, 9.17) is 28.0 Å². The number of hydrogen-bond donors (Lipinski definition) is 0. The minimum Gasteiger partial charge on any atom is -0.452 e. The third-order valence-electron chi connectivity index (χ3n) is 3.63. The van der Waals surface area contributed by atoms with Crippen LogP contribution in [0.2, 0.25) is 0 Å². The molecule has 1 aliphatic heterocycles. The van der Waals surface area contributed by atoms with Crippen LogP contribution in [0.4, 0.5) is 0 Å². The molecule has 1 fully saturated rings. The van der Waals surface area contributed by atoms with Gasteiger partial charge in [-0.15, -0.1) is 0 Å². The van der Waals surface area contributed by atoms with Gasteiger partial charge in [-0.1, -0.05) is 18.2 Å². The van der Waals surface area contributed by atoms with Crippen LogP contribution in [0.5, 0.6) is 0 Å². The molecule has 28 heavy (non-hydrogen) atoms. The topological polar surface area (TPSA) is 107 Å². The molecule has 1 heterocycles. The van der Waals surface area contributed by atoms with Gasteiger partial charge in [0.15, 0.2) is 18.7 Å². The first-order chi connectivity index (χ1) is 13.4. The van der Waals surface area contributed by atoms with Gasteiger partial charge in [-0.3, -0.25) is 9.36 Å². The van der Waals surface area contributed by atoms with E-state index in [9.17, 15) is 14.2 Å². The maximum absolute atomic E-state index is 12.5. The third-order valence-corrected chi connectivity index (χ3v) is 5.40. The summed E-state index contributed by atoms with van der Waals surface area (Å²) in [4.78, 5) is 23.6. The Morgan fingerprint density at radius 1 is 1.11 bits per heavy atom. The van der Waals surface area contributed by atoms with Crippen LogP contribution in [-0.4, -0.2) is 50.2 Å². The van der Waals surface area contributed by atoms with Crippen LogP contribution >= 0.6 is 7.60 Å². The van der Waals surface area contributed by atoms with Crippen molar-refractivity contribution < 1.29 is 42.1 Å². The Balaban J connectivity index is 2.00. The SMILES string of the molecule is CCOP(=O)(CO[C@@H]1CC(OC(=O)c2ccccc2)[C@H](OC(C)=O)O1)OCC. The average Bonchev–Trinajstić information content (AvgIpc) is 3.02. The molecule has 0 amide bonds. The maximum atomic E-state index is 12.5. The molecule has 1 aromatic rings. The lowest BCUT2D eigenvalue weighted by Crippen LogP contribution is -2.31. The lowest BCUT2D eigenvalue weighted by molar-refractivity contribution is -0.213. The molecule has 0 aromatic heterocycles. The van der Waals surface area contributed by atoms with Crippen LogP contribution in [0.1, 0.15) is 37.6 Å². The number of ether oxygens (including phenoxy) is 4. The number of carbonyl (C=O) groups excluding carboxylic acids is 2. The normalized spacial score (nSPS) is 22.0. The summed E-state index contributed by atoms with van der Waals surface area (Å²) in [5, 5.41) is 0. The van der Waals surface area contributed by atoms with E-state index in [0.717, 1.165) is 0 Å². The first-order valence-electron chi connectivity index (χ1n) is 8.95. The Morgan fingerprint density at radius 2 is 1.75 bits per heavy atom. The monoisotopic (exact) mass is 416 g/mol. The molecule has 0 N–H and O–H groups in total. The van der Waals surface area contributed by atoms with Gasteiger partial charge < -0.3 is 28.0 Å². The van der Waals surface area contributed by atoms with Crippen LogP contribution < -0.4 is 0 Å². The highest BCUT2D eigenvalue weighted by Crippen LogP contribution is 2.48.